The molecule has 0 spiro atoms. The fourth-order valence-electron chi connectivity index (χ4n) is 1.83. The van der Waals surface area contributed by atoms with E-state index in [9.17, 15) is 13.5 Å². The van der Waals surface area contributed by atoms with Crippen molar-refractivity contribution in [2.24, 2.45) is 0 Å². The number of hydrogen-bond donors (Lipinski definition) is 2. The van der Waals surface area contributed by atoms with Gasteiger partial charge in [0.15, 0.2) is 0 Å². The molecule has 6 heteroatoms. The van der Waals surface area contributed by atoms with Gasteiger partial charge in [0.05, 0.1) is 16.5 Å². The van der Waals surface area contributed by atoms with E-state index in [1.54, 1.807) is 30.5 Å². The van der Waals surface area contributed by atoms with Crippen molar-refractivity contribution in [3.8, 4) is 0 Å². The molecule has 0 fully saturated rings. The average molecular weight is 280 g/mol. The van der Waals surface area contributed by atoms with Crippen LogP contribution in [0.4, 0.5) is 0 Å². The van der Waals surface area contributed by atoms with E-state index in [1.165, 1.54) is 6.92 Å². The Morgan fingerprint density at radius 3 is 2.79 bits per heavy atom. The molecule has 1 atom stereocenters. The molecule has 5 nitrogen and oxygen atoms in total. The molecule has 1 aromatic heterocycles. The molecule has 19 heavy (non-hydrogen) atoms. The predicted molar refractivity (Wildman–Crippen MR) is 73.3 cm³/mol. The summed E-state index contributed by atoms with van der Waals surface area (Å²) in [4.78, 5) is 4.39. The van der Waals surface area contributed by atoms with Gasteiger partial charge in [-0.05, 0) is 37.6 Å². The smallest absolute Gasteiger partial charge is 0.241 e. The topological polar surface area (TPSA) is 79.3 Å². The molecule has 0 saturated heterocycles. The SMILES string of the molecule is Cc1ccc(S(=O)(=O)NCC(C)O)c2cccnc12. The maximum Gasteiger partial charge on any atom is 0.241 e. The Hall–Kier alpha value is -1.50. The summed E-state index contributed by atoms with van der Waals surface area (Å²) in [5, 5.41) is 9.76. The van der Waals surface area contributed by atoms with Crippen LogP contribution in [-0.2, 0) is 10.0 Å². The number of nitrogens with zero attached hydrogens (tertiary/aromatic N) is 1. The molecular weight excluding hydrogens is 264 g/mol. The third-order valence-corrected chi connectivity index (χ3v) is 4.27. The highest BCUT2D eigenvalue weighted by Crippen LogP contribution is 2.23. The molecule has 102 valence electrons. The number of aryl methyl sites for hydroxylation is 1. The Labute approximate surface area is 112 Å². The number of benzene rings is 1. The first-order valence-electron chi connectivity index (χ1n) is 5.94. The Morgan fingerprint density at radius 2 is 2.11 bits per heavy atom. The first-order valence-corrected chi connectivity index (χ1v) is 7.42. The van der Waals surface area contributed by atoms with E-state index in [1.807, 2.05) is 6.92 Å². The van der Waals surface area contributed by atoms with Gasteiger partial charge in [-0.3, -0.25) is 4.98 Å². The minimum Gasteiger partial charge on any atom is -0.392 e. The van der Waals surface area contributed by atoms with Crippen LogP contribution in [0, 0.1) is 6.92 Å². The van der Waals surface area contributed by atoms with Gasteiger partial charge in [0, 0.05) is 18.1 Å². The highest BCUT2D eigenvalue weighted by Gasteiger charge is 2.18. The standard InChI is InChI=1S/C13H16N2O3S/c1-9-5-6-12(11-4-3-7-14-13(9)11)19(17,18)15-8-10(2)16/h3-7,10,15-16H,8H2,1-2H3. The van der Waals surface area contributed by atoms with Crippen LogP contribution in [0.1, 0.15) is 12.5 Å². The minimum atomic E-state index is -3.65. The minimum absolute atomic E-state index is 0.0159. The third kappa shape index (κ3) is 2.91. The van der Waals surface area contributed by atoms with Crippen molar-refractivity contribution in [1.82, 2.24) is 9.71 Å². The van der Waals surface area contributed by atoms with E-state index in [2.05, 4.69) is 9.71 Å². The van der Waals surface area contributed by atoms with Gasteiger partial charge in [-0.25, -0.2) is 13.1 Å². The van der Waals surface area contributed by atoms with E-state index < -0.39 is 16.1 Å². The van der Waals surface area contributed by atoms with Crippen LogP contribution in [0.2, 0.25) is 0 Å². The van der Waals surface area contributed by atoms with Crippen LogP contribution >= 0.6 is 0 Å². The maximum absolute atomic E-state index is 12.2. The molecule has 0 saturated carbocycles. The van der Waals surface area contributed by atoms with Crippen molar-refractivity contribution in [3.63, 3.8) is 0 Å². The third-order valence-electron chi connectivity index (χ3n) is 2.79. The molecule has 1 unspecified atom stereocenters. The molecule has 2 N–H and O–H groups in total. The zero-order chi connectivity index (χ0) is 14.0. The Kier molecular flexibility index (Phi) is 3.84. The second kappa shape index (κ2) is 5.24. The summed E-state index contributed by atoms with van der Waals surface area (Å²) in [5.74, 6) is 0. The van der Waals surface area contributed by atoms with Crippen LogP contribution in [0.3, 0.4) is 0 Å². The number of fused-ring (bicyclic) bond motifs is 1. The van der Waals surface area contributed by atoms with Gasteiger partial charge in [0.1, 0.15) is 0 Å². The molecule has 0 aliphatic carbocycles. The predicted octanol–water partition coefficient (Wildman–Crippen LogP) is 1.20. The number of hydrogen-bond acceptors (Lipinski definition) is 4. The van der Waals surface area contributed by atoms with Gasteiger partial charge in [-0.2, -0.15) is 0 Å². The normalized spacial score (nSPS) is 13.6. The van der Waals surface area contributed by atoms with Crippen molar-refractivity contribution in [1.29, 1.82) is 0 Å². The molecule has 0 aliphatic heterocycles. The molecule has 2 aromatic rings. The van der Waals surface area contributed by atoms with E-state index in [0.29, 0.717) is 10.9 Å². The van der Waals surface area contributed by atoms with Crippen LogP contribution in [0.25, 0.3) is 10.9 Å². The number of aliphatic hydroxyl groups is 1. The Morgan fingerprint density at radius 1 is 1.37 bits per heavy atom. The van der Waals surface area contributed by atoms with Crippen LogP contribution in [-0.4, -0.2) is 31.2 Å². The zero-order valence-corrected chi connectivity index (χ0v) is 11.6. The number of sulfonamides is 1. The molecule has 0 bridgehead atoms. The summed E-state index contributed by atoms with van der Waals surface area (Å²) in [6.45, 7) is 3.39. The highest BCUT2D eigenvalue weighted by molar-refractivity contribution is 7.89. The van der Waals surface area contributed by atoms with Crippen molar-refractivity contribution in [3.05, 3.63) is 36.0 Å². The summed E-state index contributed by atoms with van der Waals surface area (Å²) in [5.41, 5.74) is 1.59. The highest BCUT2D eigenvalue weighted by atomic mass is 32.2. The van der Waals surface area contributed by atoms with Gasteiger partial charge in [0.25, 0.3) is 0 Å². The molecule has 0 aliphatic rings. The van der Waals surface area contributed by atoms with Crippen LogP contribution < -0.4 is 4.72 Å². The average Bonchev–Trinajstić information content (AvgIpc) is 2.37. The van der Waals surface area contributed by atoms with E-state index in [0.717, 1.165) is 5.56 Å². The molecule has 0 amide bonds. The van der Waals surface area contributed by atoms with Crippen molar-refractivity contribution >= 4 is 20.9 Å². The summed E-state index contributed by atoms with van der Waals surface area (Å²) in [6.07, 6.45) is 0.902. The number of aromatic nitrogens is 1. The van der Waals surface area contributed by atoms with E-state index in [4.69, 9.17) is 0 Å². The second-order valence-corrected chi connectivity index (χ2v) is 6.22. The quantitative estimate of drug-likeness (QED) is 0.882. The van der Waals surface area contributed by atoms with Gasteiger partial charge < -0.3 is 5.11 Å². The maximum atomic E-state index is 12.2. The number of pyridine rings is 1. The lowest BCUT2D eigenvalue weighted by Crippen LogP contribution is -2.30. The van der Waals surface area contributed by atoms with E-state index >= 15 is 0 Å². The van der Waals surface area contributed by atoms with Crippen LogP contribution in [0.15, 0.2) is 35.4 Å². The Bertz CT molecular complexity index is 696. The molecule has 2 rings (SSSR count). The van der Waals surface area contributed by atoms with Crippen molar-refractivity contribution in [2.45, 2.75) is 24.8 Å². The largest absolute Gasteiger partial charge is 0.392 e. The molecule has 1 heterocycles. The zero-order valence-electron chi connectivity index (χ0n) is 10.8. The molecule has 0 radical (unpaired) electrons. The first kappa shape index (κ1) is 13.9. The second-order valence-electron chi connectivity index (χ2n) is 4.48. The first-order chi connectivity index (χ1) is 8.92. The van der Waals surface area contributed by atoms with Crippen LogP contribution in [0.5, 0.6) is 0 Å². The van der Waals surface area contributed by atoms with Gasteiger partial charge in [0.2, 0.25) is 10.0 Å². The fraction of sp³-hybridized carbons (Fsp3) is 0.308. The summed E-state index contributed by atoms with van der Waals surface area (Å²) in [7, 11) is -3.65. The summed E-state index contributed by atoms with van der Waals surface area (Å²) < 4.78 is 26.8. The lowest BCUT2D eigenvalue weighted by molar-refractivity contribution is 0.198. The lowest BCUT2D eigenvalue weighted by Gasteiger charge is -2.11. The molecule has 1 aromatic carbocycles. The summed E-state index contributed by atoms with van der Waals surface area (Å²) in [6, 6.07) is 6.72. The van der Waals surface area contributed by atoms with E-state index in [-0.39, 0.29) is 11.4 Å². The molecular formula is C13H16N2O3S. The fourth-order valence-corrected chi connectivity index (χ4v) is 3.15. The number of nitrogens with one attached hydrogen (secondary N) is 1. The number of aliphatic hydroxyl groups excluding tert-OH is 1. The van der Waals surface area contributed by atoms with Gasteiger partial charge in [-0.15, -0.1) is 0 Å². The lowest BCUT2D eigenvalue weighted by atomic mass is 10.1. The van der Waals surface area contributed by atoms with Gasteiger partial charge >= 0.3 is 0 Å². The van der Waals surface area contributed by atoms with Crippen molar-refractivity contribution < 1.29 is 13.5 Å². The summed E-state index contributed by atoms with van der Waals surface area (Å²) >= 11 is 0. The van der Waals surface area contributed by atoms with Gasteiger partial charge in [-0.1, -0.05) is 6.07 Å². The number of rotatable bonds is 4. The van der Waals surface area contributed by atoms with Crippen molar-refractivity contribution in [2.75, 3.05) is 6.54 Å². The Balaban J connectivity index is 2.54. The monoisotopic (exact) mass is 280 g/mol.